The zero-order chi connectivity index (χ0) is 14.1. The Kier molecular flexibility index (Phi) is 3.55. The number of benzene rings is 2. The molecule has 0 fully saturated rings. The van der Waals surface area contributed by atoms with E-state index in [2.05, 4.69) is 10.6 Å². The largest absolute Gasteiger partial charge is 0.384 e. The van der Waals surface area contributed by atoms with Gasteiger partial charge in [0.25, 0.3) is 5.91 Å². The third-order valence-corrected chi connectivity index (χ3v) is 3.82. The number of nitrogens with one attached hydrogen (secondary N) is 2. The maximum atomic E-state index is 12.2. The highest BCUT2D eigenvalue weighted by Gasteiger charge is 2.14. The number of rotatable bonds is 2. The lowest BCUT2D eigenvalue weighted by Crippen LogP contribution is -2.12. The summed E-state index contributed by atoms with van der Waals surface area (Å²) in [5.41, 5.74) is 3.39. The monoisotopic (exact) mass is 306 g/mol. The lowest BCUT2D eigenvalue weighted by molar-refractivity contribution is 0.102. The second-order valence-electron chi connectivity index (χ2n) is 4.63. The van der Waals surface area contributed by atoms with E-state index in [4.69, 9.17) is 23.2 Å². The molecule has 0 saturated carbocycles. The van der Waals surface area contributed by atoms with Gasteiger partial charge in [-0.2, -0.15) is 0 Å². The fourth-order valence-corrected chi connectivity index (χ4v) is 2.57. The number of hydrogen-bond donors (Lipinski definition) is 2. The highest BCUT2D eigenvalue weighted by atomic mass is 35.5. The first-order valence-corrected chi connectivity index (χ1v) is 7.02. The third-order valence-electron chi connectivity index (χ3n) is 3.25. The van der Waals surface area contributed by atoms with Crippen molar-refractivity contribution in [3.05, 3.63) is 57.6 Å². The number of fused-ring (bicyclic) bond motifs is 1. The van der Waals surface area contributed by atoms with Crippen LogP contribution in [0.1, 0.15) is 15.9 Å². The minimum absolute atomic E-state index is 0.191. The molecule has 20 heavy (non-hydrogen) atoms. The first-order valence-electron chi connectivity index (χ1n) is 6.27. The van der Waals surface area contributed by atoms with Crippen molar-refractivity contribution < 1.29 is 4.79 Å². The van der Waals surface area contributed by atoms with Crippen molar-refractivity contribution >= 4 is 40.5 Å². The van der Waals surface area contributed by atoms with Crippen molar-refractivity contribution in [1.29, 1.82) is 0 Å². The normalized spacial score (nSPS) is 12.7. The molecule has 1 heterocycles. The summed E-state index contributed by atoms with van der Waals surface area (Å²) in [6.45, 7) is 0.917. The van der Waals surface area contributed by atoms with Crippen molar-refractivity contribution in [2.24, 2.45) is 0 Å². The smallest absolute Gasteiger partial charge is 0.255 e. The molecule has 0 atom stereocenters. The van der Waals surface area contributed by atoms with Gasteiger partial charge in [0.05, 0.1) is 10.7 Å². The first-order chi connectivity index (χ1) is 9.63. The van der Waals surface area contributed by atoms with Crippen LogP contribution in [0.25, 0.3) is 0 Å². The van der Waals surface area contributed by atoms with E-state index in [9.17, 15) is 4.79 Å². The second kappa shape index (κ2) is 5.35. The molecule has 2 aromatic rings. The summed E-state index contributed by atoms with van der Waals surface area (Å²) >= 11 is 11.9. The molecule has 1 aliphatic rings. The molecule has 0 bridgehead atoms. The second-order valence-corrected chi connectivity index (χ2v) is 5.47. The lowest BCUT2D eigenvalue weighted by Gasteiger charge is -2.09. The minimum Gasteiger partial charge on any atom is -0.384 e. The molecular formula is C15H12Cl2N2O. The van der Waals surface area contributed by atoms with Gasteiger partial charge < -0.3 is 10.6 Å². The van der Waals surface area contributed by atoms with E-state index in [1.54, 1.807) is 24.3 Å². The predicted molar refractivity (Wildman–Crippen MR) is 83.1 cm³/mol. The van der Waals surface area contributed by atoms with Gasteiger partial charge in [0.15, 0.2) is 0 Å². The topological polar surface area (TPSA) is 41.1 Å². The summed E-state index contributed by atoms with van der Waals surface area (Å²) in [4.78, 5) is 12.2. The van der Waals surface area contributed by atoms with E-state index in [1.807, 2.05) is 12.1 Å². The Balaban J connectivity index is 1.84. The van der Waals surface area contributed by atoms with Crippen LogP contribution >= 0.6 is 23.2 Å². The fourth-order valence-electron chi connectivity index (χ4n) is 2.23. The fraction of sp³-hybridized carbons (Fsp3) is 0.133. The van der Waals surface area contributed by atoms with Crippen molar-refractivity contribution in [2.75, 3.05) is 17.2 Å². The summed E-state index contributed by atoms with van der Waals surface area (Å²) in [6.07, 6.45) is 0.939. The Morgan fingerprint density at radius 3 is 2.85 bits per heavy atom. The van der Waals surface area contributed by atoms with Gasteiger partial charge in [-0.15, -0.1) is 0 Å². The molecule has 0 spiro atoms. The molecule has 1 amide bonds. The molecule has 5 heteroatoms. The van der Waals surface area contributed by atoms with Crippen LogP contribution in [-0.2, 0) is 6.42 Å². The molecule has 102 valence electrons. The van der Waals surface area contributed by atoms with E-state index >= 15 is 0 Å². The summed E-state index contributed by atoms with van der Waals surface area (Å²) in [5.74, 6) is -0.191. The average Bonchev–Trinajstić information content (AvgIpc) is 2.90. The molecule has 0 aliphatic carbocycles. The molecular weight excluding hydrogens is 295 g/mol. The van der Waals surface area contributed by atoms with Crippen LogP contribution in [-0.4, -0.2) is 12.5 Å². The number of halogens is 2. The van der Waals surface area contributed by atoms with Crippen LogP contribution in [0.2, 0.25) is 10.0 Å². The molecule has 0 aromatic heterocycles. The number of anilines is 2. The highest BCUT2D eigenvalue weighted by Crippen LogP contribution is 2.27. The van der Waals surface area contributed by atoms with Gasteiger partial charge in [-0.3, -0.25) is 4.79 Å². The zero-order valence-corrected chi connectivity index (χ0v) is 12.1. The molecule has 2 N–H and O–H groups in total. The summed E-state index contributed by atoms with van der Waals surface area (Å²) in [5, 5.41) is 7.04. The van der Waals surface area contributed by atoms with Crippen LogP contribution in [0.5, 0.6) is 0 Å². The van der Waals surface area contributed by atoms with Gasteiger partial charge in [0.1, 0.15) is 0 Å². The number of carbonyl (C=O) groups is 1. The predicted octanol–water partition coefficient (Wildman–Crippen LogP) is 4.21. The molecule has 1 aliphatic heterocycles. The molecule has 3 rings (SSSR count). The third kappa shape index (κ3) is 2.60. The molecule has 0 unspecified atom stereocenters. The highest BCUT2D eigenvalue weighted by molar-refractivity contribution is 6.35. The Morgan fingerprint density at radius 2 is 2.00 bits per heavy atom. The summed E-state index contributed by atoms with van der Waals surface area (Å²) in [6, 6.07) is 10.6. The maximum Gasteiger partial charge on any atom is 0.255 e. The van der Waals surface area contributed by atoms with Crippen LogP contribution in [0, 0.1) is 0 Å². The Bertz CT molecular complexity index is 686. The van der Waals surface area contributed by atoms with Crippen LogP contribution < -0.4 is 10.6 Å². The van der Waals surface area contributed by atoms with Gasteiger partial charge in [-0.1, -0.05) is 23.2 Å². The Morgan fingerprint density at radius 1 is 1.15 bits per heavy atom. The minimum atomic E-state index is -0.191. The van der Waals surface area contributed by atoms with Crippen molar-refractivity contribution in [2.45, 2.75) is 6.42 Å². The lowest BCUT2D eigenvalue weighted by atomic mass is 10.1. The quantitative estimate of drug-likeness (QED) is 0.872. The SMILES string of the molecule is O=C(Nc1cc(Cl)ccc1Cl)c1ccc2c(c1)CCN2. The summed E-state index contributed by atoms with van der Waals surface area (Å²) < 4.78 is 0. The van der Waals surface area contributed by atoms with Gasteiger partial charge in [0.2, 0.25) is 0 Å². The van der Waals surface area contributed by atoms with E-state index in [0.29, 0.717) is 21.3 Å². The number of hydrogen-bond acceptors (Lipinski definition) is 2. The maximum absolute atomic E-state index is 12.2. The Labute approximate surface area is 126 Å². The molecule has 0 radical (unpaired) electrons. The van der Waals surface area contributed by atoms with Crippen molar-refractivity contribution in [1.82, 2.24) is 0 Å². The van der Waals surface area contributed by atoms with Gasteiger partial charge in [-0.05, 0) is 48.4 Å². The average molecular weight is 307 g/mol. The number of carbonyl (C=O) groups excluding carboxylic acids is 1. The number of amides is 1. The summed E-state index contributed by atoms with van der Waals surface area (Å²) in [7, 11) is 0. The molecule has 2 aromatic carbocycles. The zero-order valence-electron chi connectivity index (χ0n) is 10.5. The van der Waals surface area contributed by atoms with Crippen LogP contribution in [0.4, 0.5) is 11.4 Å². The van der Waals surface area contributed by atoms with Crippen LogP contribution in [0.15, 0.2) is 36.4 Å². The van der Waals surface area contributed by atoms with Gasteiger partial charge in [-0.25, -0.2) is 0 Å². The van der Waals surface area contributed by atoms with Gasteiger partial charge >= 0.3 is 0 Å². The standard InChI is InChI=1S/C15H12Cl2N2O/c16-11-2-3-12(17)14(8-11)19-15(20)10-1-4-13-9(7-10)5-6-18-13/h1-4,7-8,18H,5-6H2,(H,19,20). The first kappa shape index (κ1) is 13.3. The van der Waals surface area contributed by atoms with E-state index < -0.39 is 0 Å². The molecule has 0 saturated heterocycles. The Hall–Kier alpha value is -1.71. The van der Waals surface area contributed by atoms with Crippen molar-refractivity contribution in [3.8, 4) is 0 Å². The van der Waals surface area contributed by atoms with E-state index in [0.717, 1.165) is 24.2 Å². The molecule has 3 nitrogen and oxygen atoms in total. The van der Waals surface area contributed by atoms with Gasteiger partial charge in [0, 0.05) is 22.8 Å². The van der Waals surface area contributed by atoms with E-state index in [-0.39, 0.29) is 5.91 Å². The van der Waals surface area contributed by atoms with Crippen LogP contribution in [0.3, 0.4) is 0 Å². The van der Waals surface area contributed by atoms with Crippen molar-refractivity contribution in [3.63, 3.8) is 0 Å². The van der Waals surface area contributed by atoms with E-state index in [1.165, 1.54) is 0 Å².